The van der Waals surface area contributed by atoms with Crippen LogP contribution in [0.2, 0.25) is 0 Å². The van der Waals surface area contributed by atoms with Crippen molar-refractivity contribution in [3.63, 3.8) is 0 Å². The lowest BCUT2D eigenvalue weighted by Gasteiger charge is -1.97. The first-order valence-corrected chi connectivity index (χ1v) is 9.67. The molecule has 0 aliphatic heterocycles. The highest BCUT2D eigenvalue weighted by Crippen LogP contribution is 2.21. The maximum Gasteiger partial charge on any atom is 0.0857 e. The average Bonchev–Trinajstić information content (AvgIpc) is 2.83. The van der Waals surface area contributed by atoms with Crippen molar-refractivity contribution in [1.82, 2.24) is 0 Å². The molecule has 30 heavy (non-hydrogen) atoms. The number of azo groups is 2. The molecule has 0 radical (unpaired) electrons. The summed E-state index contributed by atoms with van der Waals surface area (Å²) in [6, 6.07) is 35.3. The molecule has 0 heterocycles. The molecule has 144 valence electrons. The zero-order valence-corrected chi connectivity index (χ0v) is 16.3. The Balaban J connectivity index is 1.36. The number of hydrogen-bond donors (Lipinski definition) is 0. The normalized spacial score (nSPS) is 11.6. The first-order chi connectivity index (χ1) is 14.8. The molecule has 0 aromatic heterocycles. The van der Waals surface area contributed by atoms with Crippen LogP contribution in [0.4, 0.5) is 22.7 Å². The molecule has 4 heteroatoms. The molecule has 0 N–H and O–H groups in total. The van der Waals surface area contributed by atoms with E-state index in [1.807, 2.05) is 109 Å². The Morgan fingerprint density at radius 3 is 0.967 bits per heavy atom. The molecule has 0 spiro atoms. The lowest BCUT2D eigenvalue weighted by Crippen LogP contribution is -1.73. The Kier molecular flexibility index (Phi) is 6.28. The van der Waals surface area contributed by atoms with E-state index in [2.05, 4.69) is 32.6 Å². The highest BCUT2D eigenvalue weighted by molar-refractivity contribution is 5.70. The predicted octanol–water partition coefficient (Wildman–Crippen LogP) is 8.69. The van der Waals surface area contributed by atoms with E-state index in [0.717, 1.165) is 33.9 Å². The van der Waals surface area contributed by atoms with Crippen molar-refractivity contribution in [2.45, 2.75) is 0 Å². The van der Waals surface area contributed by atoms with E-state index >= 15 is 0 Å². The highest BCUT2D eigenvalue weighted by Gasteiger charge is 1.94. The van der Waals surface area contributed by atoms with Gasteiger partial charge in [-0.25, -0.2) is 0 Å². The van der Waals surface area contributed by atoms with Crippen LogP contribution >= 0.6 is 0 Å². The fraction of sp³-hybridized carbons (Fsp3) is 0. The Morgan fingerprint density at radius 2 is 0.633 bits per heavy atom. The molecular weight excluding hydrogens is 368 g/mol. The second-order valence-electron chi connectivity index (χ2n) is 6.59. The summed E-state index contributed by atoms with van der Waals surface area (Å²) in [5.74, 6) is 0. The number of benzene rings is 4. The van der Waals surface area contributed by atoms with Gasteiger partial charge in [-0.2, -0.15) is 20.5 Å². The number of nitrogens with zero attached hydrogens (tertiary/aromatic N) is 4. The van der Waals surface area contributed by atoms with Crippen molar-refractivity contribution in [1.29, 1.82) is 0 Å². The third-order valence-corrected chi connectivity index (χ3v) is 4.33. The van der Waals surface area contributed by atoms with E-state index in [1.54, 1.807) is 0 Å². The van der Waals surface area contributed by atoms with E-state index in [9.17, 15) is 0 Å². The van der Waals surface area contributed by atoms with Crippen LogP contribution in [0.25, 0.3) is 12.2 Å². The predicted molar refractivity (Wildman–Crippen MR) is 123 cm³/mol. The molecule has 0 unspecified atom stereocenters. The topological polar surface area (TPSA) is 49.4 Å². The van der Waals surface area contributed by atoms with Gasteiger partial charge >= 0.3 is 0 Å². The van der Waals surface area contributed by atoms with E-state index in [1.165, 1.54) is 0 Å². The zero-order valence-electron chi connectivity index (χ0n) is 16.3. The second kappa shape index (κ2) is 9.85. The molecule has 4 rings (SSSR count). The summed E-state index contributed by atoms with van der Waals surface area (Å²) in [5.41, 5.74) is 5.53. The van der Waals surface area contributed by atoms with Gasteiger partial charge in [0.25, 0.3) is 0 Å². The quantitative estimate of drug-likeness (QED) is 0.234. The summed E-state index contributed by atoms with van der Waals surface area (Å²) in [6.45, 7) is 0. The summed E-state index contributed by atoms with van der Waals surface area (Å²) in [6.07, 6.45) is 4.14. The molecule has 4 aromatic rings. The van der Waals surface area contributed by atoms with Gasteiger partial charge in [-0.15, -0.1) is 0 Å². The van der Waals surface area contributed by atoms with Crippen molar-refractivity contribution in [2.75, 3.05) is 0 Å². The van der Waals surface area contributed by atoms with Gasteiger partial charge in [-0.3, -0.25) is 0 Å². The Bertz CT molecular complexity index is 1050. The van der Waals surface area contributed by atoms with E-state index in [4.69, 9.17) is 0 Å². The summed E-state index contributed by atoms with van der Waals surface area (Å²) in [4.78, 5) is 0. The maximum absolute atomic E-state index is 4.27. The van der Waals surface area contributed by atoms with Gasteiger partial charge in [-0.05, 0) is 59.7 Å². The Hall–Kier alpha value is -4.18. The standard InChI is InChI=1S/C26H20N4/c1-3-7-23(8-4-1)27-29-25-17-13-21(14-18-25)11-12-22-15-19-26(20-16-22)30-28-24-9-5-2-6-10-24/h1-20H/b12-11+,29-27?,30-28?. The molecule has 0 fully saturated rings. The van der Waals surface area contributed by atoms with Gasteiger partial charge in [0.05, 0.1) is 22.7 Å². The van der Waals surface area contributed by atoms with Gasteiger partial charge in [0.1, 0.15) is 0 Å². The molecular formula is C26H20N4. The minimum Gasteiger partial charge on any atom is -0.151 e. The third kappa shape index (κ3) is 5.66. The molecule has 0 saturated heterocycles. The van der Waals surface area contributed by atoms with Gasteiger partial charge in [0, 0.05) is 0 Å². The molecule has 0 amide bonds. The van der Waals surface area contributed by atoms with Crippen molar-refractivity contribution in [2.24, 2.45) is 20.5 Å². The molecule has 0 saturated carbocycles. The summed E-state index contributed by atoms with van der Waals surface area (Å²) in [5, 5.41) is 17.0. The lowest BCUT2D eigenvalue weighted by molar-refractivity contribution is 1.23. The van der Waals surface area contributed by atoms with Crippen LogP contribution in [0.15, 0.2) is 130 Å². The zero-order chi connectivity index (χ0) is 20.4. The number of hydrogen-bond acceptors (Lipinski definition) is 4. The maximum atomic E-state index is 4.27. The van der Waals surface area contributed by atoms with Gasteiger partial charge in [0.15, 0.2) is 0 Å². The first kappa shape index (κ1) is 19.2. The smallest absolute Gasteiger partial charge is 0.0857 e. The van der Waals surface area contributed by atoms with Crippen molar-refractivity contribution >= 4 is 34.9 Å². The van der Waals surface area contributed by atoms with Crippen LogP contribution < -0.4 is 0 Å². The highest BCUT2D eigenvalue weighted by atomic mass is 15.1. The Labute approximate surface area is 176 Å². The van der Waals surface area contributed by atoms with Crippen LogP contribution in [-0.2, 0) is 0 Å². The van der Waals surface area contributed by atoms with E-state index in [0.29, 0.717) is 0 Å². The first-order valence-electron chi connectivity index (χ1n) is 9.67. The molecule has 0 aliphatic rings. The fourth-order valence-corrected chi connectivity index (χ4v) is 2.72. The minimum absolute atomic E-state index is 0.823. The lowest BCUT2D eigenvalue weighted by atomic mass is 10.1. The molecule has 4 aromatic carbocycles. The van der Waals surface area contributed by atoms with Crippen LogP contribution in [-0.4, -0.2) is 0 Å². The fourth-order valence-electron chi connectivity index (χ4n) is 2.72. The van der Waals surface area contributed by atoms with Crippen LogP contribution in [0, 0.1) is 0 Å². The summed E-state index contributed by atoms with van der Waals surface area (Å²) >= 11 is 0. The monoisotopic (exact) mass is 388 g/mol. The average molecular weight is 388 g/mol. The van der Waals surface area contributed by atoms with Crippen LogP contribution in [0.1, 0.15) is 11.1 Å². The van der Waals surface area contributed by atoms with Gasteiger partial charge in [-0.1, -0.05) is 72.8 Å². The van der Waals surface area contributed by atoms with Crippen molar-refractivity contribution in [3.05, 3.63) is 120 Å². The van der Waals surface area contributed by atoms with E-state index < -0.39 is 0 Å². The van der Waals surface area contributed by atoms with E-state index in [-0.39, 0.29) is 0 Å². The third-order valence-electron chi connectivity index (χ3n) is 4.33. The summed E-state index contributed by atoms with van der Waals surface area (Å²) in [7, 11) is 0. The SMILES string of the molecule is C(=C\c1ccc(N=Nc2ccccc2)cc1)/c1ccc(N=Nc2ccccc2)cc1. The Morgan fingerprint density at radius 1 is 0.333 bits per heavy atom. The molecule has 0 aliphatic carbocycles. The van der Waals surface area contributed by atoms with Gasteiger partial charge < -0.3 is 0 Å². The van der Waals surface area contributed by atoms with Crippen LogP contribution in [0.5, 0.6) is 0 Å². The second-order valence-corrected chi connectivity index (χ2v) is 6.59. The number of rotatable bonds is 6. The minimum atomic E-state index is 0.823. The molecule has 0 bridgehead atoms. The van der Waals surface area contributed by atoms with Gasteiger partial charge in [0.2, 0.25) is 0 Å². The van der Waals surface area contributed by atoms with Crippen LogP contribution in [0.3, 0.4) is 0 Å². The molecule has 0 atom stereocenters. The van der Waals surface area contributed by atoms with Crippen molar-refractivity contribution in [3.8, 4) is 0 Å². The largest absolute Gasteiger partial charge is 0.151 e. The van der Waals surface area contributed by atoms with Crippen molar-refractivity contribution < 1.29 is 0 Å². The molecule has 4 nitrogen and oxygen atoms in total. The summed E-state index contributed by atoms with van der Waals surface area (Å²) < 4.78 is 0.